The van der Waals surface area contributed by atoms with Crippen LogP contribution in [-0.2, 0) is 0 Å². The van der Waals surface area contributed by atoms with Gasteiger partial charge in [0.05, 0.1) is 0 Å². The van der Waals surface area contributed by atoms with Gasteiger partial charge in [0, 0.05) is 0 Å². The molecule has 0 aromatic rings. The molecule has 0 aromatic carbocycles. The molecule has 0 bridgehead atoms. The summed E-state index contributed by atoms with van der Waals surface area (Å²) in [4.78, 5) is 0. The third-order valence-corrected chi connectivity index (χ3v) is 7.66. The van der Waals surface area contributed by atoms with Crippen LogP contribution in [0, 0.1) is 0 Å². The summed E-state index contributed by atoms with van der Waals surface area (Å²) in [5.41, 5.74) is 0. The number of hydrogen-bond acceptors (Lipinski definition) is 0. The molecule has 1 rings (SSSR count). The van der Waals surface area contributed by atoms with E-state index >= 15 is 0 Å². The van der Waals surface area contributed by atoms with Crippen molar-refractivity contribution >= 4 is 92.8 Å². The molecule has 9 heteroatoms. The van der Waals surface area contributed by atoms with Crippen LogP contribution in [0.2, 0.25) is 0 Å². The van der Waals surface area contributed by atoms with E-state index in [0.717, 1.165) is 0 Å². The lowest BCUT2D eigenvalue weighted by Crippen LogP contribution is -2.78. The van der Waals surface area contributed by atoms with Gasteiger partial charge in [-0.2, -0.15) is 0 Å². The van der Waals surface area contributed by atoms with Crippen molar-refractivity contribution in [2.45, 2.75) is 17.3 Å². The summed E-state index contributed by atoms with van der Waals surface area (Å²) in [5, 5.41) is 0. The summed E-state index contributed by atoms with van der Waals surface area (Å²) in [5.74, 6) is 0. The van der Waals surface area contributed by atoms with Gasteiger partial charge in [-0.15, -0.1) is 0 Å². The summed E-state index contributed by atoms with van der Waals surface area (Å²) in [6, 6.07) is 0. The van der Waals surface area contributed by atoms with Crippen molar-refractivity contribution in [3.8, 4) is 0 Å². The summed E-state index contributed by atoms with van der Waals surface area (Å²) in [7, 11) is 0. The van der Waals surface area contributed by atoms with Crippen LogP contribution in [0.4, 0.5) is 0 Å². The molecule has 0 radical (unpaired) electrons. The highest BCUT2D eigenvalue weighted by Crippen LogP contribution is 2.77. The van der Waals surface area contributed by atoms with Gasteiger partial charge in [0.15, 0.2) is 17.3 Å². The van der Waals surface area contributed by atoms with Crippen LogP contribution in [0.1, 0.15) is 0 Å². The van der Waals surface area contributed by atoms with E-state index in [2.05, 4.69) is 0 Å². The van der Waals surface area contributed by atoms with Crippen molar-refractivity contribution in [1.29, 1.82) is 0 Å². The van der Waals surface area contributed by atoms with E-state index in [0.29, 0.717) is 0 Å². The van der Waals surface area contributed by atoms with Gasteiger partial charge in [0.1, 0.15) is 0 Å². The predicted octanol–water partition coefficient (Wildman–Crippen LogP) is 3.87. The molecule has 1 fully saturated rings. The SMILES string of the molecule is ClC1(Cl)C(Cl)(Cl)C(Cl)(Cl)C1(Cl)Cl.O. The van der Waals surface area contributed by atoms with Gasteiger partial charge >= 0.3 is 0 Å². The fraction of sp³-hybridized carbons (Fsp3) is 1.00. The zero-order chi connectivity index (χ0) is 10.0. The quantitative estimate of drug-likeness (QED) is 0.595. The average Bonchev–Trinajstić information content (AvgIpc) is 1.84. The lowest BCUT2D eigenvalue weighted by molar-refractivity contribution is 0.368. The average molecular weight is 350 g/mol. The van der Waals surface area contributed by atoms with Gasteiger partial charge in [-0.3, -0.25) is 0 Å². The zero-order valence-electron chi connectivity index (χ0n) is 5.52. The van der Waals surface area contributed by atoms with Crippen LogP contribution in [0.3, 0.4) is 0 Å². The molecule has 80 valence electrons. The first kappa shape index (κ1) is 15.3. The largest absolute Gasteiger partial charge is 0.412 e. The van der Waals surface area contributed by atoms with Crippen molar-refractivity contribution in [3.05, 3.63) is 0 Å². The first-order chi connectivity index (χ1) is 5.00. The van der Waals surface area contributed by atoms with E-state index in [1.54, 1.807) is 0 Å². The van der Waals surface area contributed by atoms with E-state index in [1.807, 2.05) is 0 Å². The maximum atomic E-state index is 5.64. The van der Waals surface area contributed by atoms with Crippen molar-refractivity contribution in [3.63, 3.8) is 0 Å². The standard InChI is InChI=1S/C4Cl8.H2O/c5-1(6)2(7,8)4(11,12)3(1,9)10;/h;1H2. The lowest BCUT2D eigenvalue weighted by Gasteiger charge is -2.61. The van der Waals surface area contributed by atoms with Gasteiger partial charge in [-0.05, 0) is 0 Å². The molecule has 0 heterocycles. The van der Waals surface area contributed by atoms with Crippen molar-refractivity contribution in [2.75, 3.05) is 0 Å². The molecule has 0 atom stereocenters. The first-order valence-corrected chi connectivity index (χ1v) is 5.54. The van der Waals surface area contributed by atoms with E-state index in [9.17, 15) is 0 Å². The van der Waals surface area contributed by atoms with Crippen LogP contribution in [0.25, 0.3) is 0 Å². The third kappa shape index (κ3) is 1.47. The van der Waals surface area contributed by atoms with Gasteiger partial charge in [0.2, 0.25) is 0 Å². The molecule has 1 nitrogen and oxygen atoms in total. The molecule has 1 saturated carbocycles. The van der Waals surface area contributed by atoms with Crippen molar-refractivity contribution < 1.29 is 5.48 Å². The monoisotopic (exact) mass is 346 g/mol. The van der Waals surface area contributed by atoms with Gasteiger partial charge in [-0.25, -0.2) is 0 Å². The van der Waals surface area contributed by atoms with Crippen LogP contribution >= 0.6 is 92.8 Å². The van der Waals surface area contributed by atoms with E-state index in [-0.39, 0.29) is 5.48 Å². The van der Waals surface area contributed by atoms with Gasteiger partial charge in [0.25, 0.3) is 0 Å². The number of halogens is 8. The second kappa shape index (κ2) is 3.65. The summed E-state index contributed by atoms with van der Waals surface area (Å²) in [6.07, 6.45) is 0. The normalized spacial score (nSPS) is 31.4. The third-order valence-electron chi connectivity index (χ3n) is 1.58. The maximum absolute atomic E-state index is 5.64. The molecule has 0 saturated heterocycles. The Labute approximate surface area is 115 Å². The smallest absolute Gasteiger partial charge is 0.189 e. The Morgan fingerprint density at radius 3 is 0.538 bits per heavy atom. The van der Waals surface area contributed by atoms with E-state index in [4.69, 9.17) is 92.8 Å². The first-order valence-electron chi connectivity index (χ1n) is 2.51. The molecule has 0 aliphatic heterocycles. The minimum atomic E-state index is -1.81. The fourth-order valence-corrected chi connectivity index (χ4v) is 3.77. The molecule has 1 aliphatic rings. The lowest BCUT2D eigenvalue weighted by atomic mass is 9.93. The maximum Gasteiger partial charge on any atom is 0.189 e. The molecular weight excluding hydrogens is 348 g/mol. The molecule has 0 unspecified atom stereocenters. The minimum Gasteiger partial charge on any atom is -0.412 e. The highest BCUT2D eigenvalue weighted by atomic mass is 35.6. The zero-order valence-corrected chi connectivity index (χ0v) is 11.6. The van der Waals surface area contributed by atoms with Crippen LogP contribution < -0.4 is 0 Å². The Balaban J connectivity index is 0.00000144. The van der Waals surface area contributed by atoms with Crippen LogP contribution in [0.5, 0.6) is 0 Å². The molecule has 13 heavy (non-hydrogen) atoms. The van der Waals surface area contributed by atoms with Crippen molar-refractivity contribution in [1.82, 2.24) is 0 Å². The molecule has 0 amide bonds. The van der Waals surface area contributed by atoms with E-state index in [1.165, 1.54) is 0 Å². The minimum absolute atomic E-state index is 0. The molecule has 1 aliphatic carbocycles. The Bertz CT molecular complexity index is 156. The summed E-state index contributed by atoms with van der Waals surface area (Å²) in [6.45, 7) is 0. The Kier molecular flexibility index (Phi) is 4.29. The van der Waals surface area contributed by atoms with Crippen molar-refractivity contribution in [2.24, 2.45) is 0 Å². The predicted molar refractivity (Wildman–Crippen MR) is 61.4 cm³/mol. The second-order valence-electron chi connectivity index (χ2n) is 2.30. The van der Waals surface area contributed by atoms with Gasteiger partial charge < -0.3 is 5.48 Å². The number of hydrogen-bond donors (Lipinski definition) is 0. The Morgan fingerprint density at radius 1 is 0.385 bits per heavy atom. The molecule has 0 spiro atoms. The van der Waals surface area contributed by atoms with E-state index < -0.39 is 17.3 Å². The molecular formula is C4H2Cl8O. The Morgan fingerprint density at radius 2 is 0.462 bits per heavy atom. The second-order valence-corrected chi connectivity index (χ2v) is 7.61. The topological polar surface area (TPSA) is 31.5 Å². The van der Waals surface area contributed by atoms with Gasteiger partial charge in [-0.1, -0.05) is 92.8 Å². The number of rotatable bonds is 0. The Hall–Kier alpha value is 2.28. The molecule has 2 N–H and O–H groups in total. The summed E-state index contributed by atoms with van der Waals surface area (Å²) >= 11 is 45.1. The highest BCUT2D eigenvalue weighted by molar-refractivity contribution is 6.82. The summed E-state index contributed by atoms with van der Waals surface area (Å²) < 4.78 is -7.24. The fourth-order valence-electron chi connectivity index (χ4n) is 0.726. The number of alkyl halides is 8. The van der Waals surface area contributed by atoms with Crippen LogP contribution in [-0.4, -0.2) is 22.8 Å². The van der Waals surface area contributed by atoms with Crippen LogP contribution in [0.15, 0.2) is 0 Å². The molecule has 0 aromatic heterocycles. The highest BCUT2D eigenvalue weighted by Gasteiger charge is 2.87.